The summed E-state index contributed by atoms with van der Waals surface area (Å²) >= 11 is 0. The third kappa shape index (κ3) is 2.24. The van der Waals surface area contributed by atoms with Gasteiger partial charge in [-0.2, -0.15) is 9.61 Å². The molecule has 0 amide bonds. The van der Waals surface area contributed by atoms with Crippen LogP contribution in [0.1, 0.15) is 43.7 Å². The second-order valence-corrected chi connectivity index (χ2v) is 6.06. The lowest BCUT2D eigenvalue weighted by molar-refractivity contribution is 0.0408. The Labute approximate surface area is 117 Å². The summed E-state index contributed by atoms with van der Waals surface area (Å²) in [5.41, 5.74) is 2.96. The first-order valence-corrected chi connectivity index (χ1v) is 7.42. The standard InChI is InChI=1S/C14H19N5O/c20-11-5-9(6-11)3-4-15-13-7-12(10-1-2-10)18-19-8-16-17-14(13)19/h7-11,15,20H,1-6H2. The Hall–Kier alpha value is -1.69. The zero-order valence-corrected chi connectivity index (χ0v) is 11.4. The molecule has 2 heterocycles. The highest BCUT2D eigenvalue weighted by atomic mass is 16.3. The van der Waals surface area contributed by atoms with Crippen LogP contribution in [0.25, 0.3) is 5.65 Å². The second kappa shape index (κ2) is 4.70. The van der Waals surface area contributed by atoms with Gasteiger partial charge in [-0.25, -0.2) is 0 Å². The minimum absolute atomic E-state index is 0.0643. The van der Waals surface area contributed by atoms with Crippen LogP contribution in [0.15, 0.2) is 12.4 Å². The lowest BCUT2D eigenvalue weighted by atomic mass is 9.80. The molecule has 0 bridgehead atoms. The van der Waals surface area contributed by atoms with Gasteiger partial charge in [-0.3, -0.25) is 0 Å². The maximum Gasteiger partial charge on any atom is 0.200 e. The highest BCUT2D eigenvalue weighted by molar-refractivity contribution is 5.66. The molecule has 2 aromatic heterocycles. The number of hydrogen-bond donors (Lipinski definition) is 2. The first-order valence-electron chi connectivity index (χ1n) is 7.42. The van der Waals surface area contributed by atoms with Gasteiger partial charge >= 0.3 is 0 Å². The number of nitrogens with one attached hydrogen (secondary N) is 1. The van der Waals surface area contributed by atoms with Crippen LogP contribution in [0.2, 0.25) is 0 Å². The van der Waals surface area contributed by atoms with Crippen molar-refractivity contribution >= 4 is 11.3 Å². The summed E-state index contributed by atoms with van der Waals surface area (Å²) in [4.78, 5) is 0. The van der Waals surface area contributed by atoms with Gasteiger partial charge in [-0.15, -0.1) is 10.2 Å². The highest BCUT2D eigenvalue weighted by Gasteiger charge is 2.28. The molecule has 2 aliphatic carbocycles. The Kier molecular flexibility index (Phi) is 2.84. The van der Waals surface area contributed by atoms with Gasteiger partial charge in [0.1, 0.15) is 6.33 Å². The van der Waals surface area contributed by atoms with Crippen LogP contribution >= 0.6 is 0 Å². The number of rotatable bonds is 5. The summed E-state index contributed by atoms with van der Waals surface area (Å²) in [7, 11) is 0. The number of hydrogen-bond acceptors (Lipinski definition) is 5. The van der Waals surface area contributed by atoms with Crippen LogP contribution < -0.4 is 5.32 Å². The van der Waals surface area contributed by atoms with E-state index in [0.29, 0.717) is 11.8 Å². The second-order valence-electron chi connectivity index (χ2n) is 6.06. The molecular weight excluding hydrogens is 254 g/mol. The number of aliphatic hydroxyl groups is 1. The quantitative estimate of drug-likeness (QED) is 0.865. The van der Waals surface area contributed by atoms with Gasteiger partial charge in [0.2, 0.25) is 5.65 Å². The number of aromatic nitrogens is 4. The number of anilines is 1. The molecule has 0 spiro atoms. The van der Waals surface area contributed by atoms with Gasteiger partial charge in [0.25, 0.3) is 0 Å². The molecule has 0 unspecified atom stereocenters. The fraction of sp³-hybridized carbons (Fsp3) is 0.643. The van der Waals surface area contributed by atoms with Gasteiger partial charge in [-0.1, -0.05) is 0 Å². The van der Waals surface area contributed by atoms with Crippen molar-refractivity contribution < 1.29 is 5.11 Å². The summed E-state index contributed by atoms with van der Waals surface area (Å²) < 4.78 is 1.77. The highest BCUT2D eigenvalue weighted by Crippen LogP contribution is 2.40. The van der Waals surface area contributed by atoms with Gasteiger partial charge < -0.3 is 10.4 Å². The molecule has 20 heavy (non-hydrogen) atoms. The molecule has 0 saturated heterocycles. The van der Waals surface area contributed by atoms with Crippen molar-refractivity contribution in [2.24, 2.45) is 5.92 Å². The predicted molar refractivity (Wildman–Crippen MR) is 74.6 cm³/mol. The number of fused-ring (bicyclic) bond motifs is 1. The minimum Gasteiger partial charge on any atom is -0.393 e. The molecule has 0 aliphatic heterocycles. The lowest BCUT2D eigenvalue weighted by Gasteiger charge is -2.31. The average molecular weight is 273 g/mol. The van der Waals surface area contributed by atoms with Crippen molar-refractivity contribution in [1.29, 1.82) is 0 Å². The van der Waals surface area contributed by atoms with E-state index < -0.39 is 0 Å². The summed E-state index contributed by atoms with van der Waals surface area (Å²) in [6.45, 7) is 0.911. The largest absolute Gasteiger partial charge is 0.393 e. The van der Waals surface area contributed by atoms with Crippen molar-refractivity contribution in [3.05, 3.63) is 18.1 Å². The summed E-state index contributed by atoms with van der Waals surface area (Å²) in [6.07, 6.45) is 7.07. The van der Waals surface area contributed by atoms with Crippen LogP contribution in [0.5, 0.6) is 0 Å². The predicted octanol–water partition coefficient (Wildman–Crippen LogP) is 1.57. The minimum atomic E-state index is -0.0643. The summed E-state index contributed by atoms with van der Waals surface area (Å²) in [5, 5.41) is 25.4. The van der Waals surface area contributed by atoms with Crippen LogP contribution in [0, 0.1) is 5.92 Å². The van der Waals surface area contributed by atoms with E-state index in [1.54, 1.807) is 10.8 Å². The van der Waals surface area contributed by atoms with E-state index in [0.717, 1.165) is 42.8 Å². The Morgan fingerprint density at radius 1 is 1.35 bits per heavy atom. The molecule has 2 saturated carbocycles. The SMILES string of the molecule is OC1CC(CCNc2cc(C3CC3)nn3cnnc23)C1. The fourth-order valence-corrected chi connectivity index (χ4v) is 2.90. The van der Waals surface area contributed by atoms with Crippen molar-refractivity contribution in [2.75, 3.05) is 11.9 Å². The molecule has 4 rings (SSSR count). The Bertz CT molecular complexity index is 615. The maximum atomic E-state index is 9.30. The molecule has 106 valence electrons. The first kappa shape index (κ1) is 12.1. The topological polar surface area (TPSA) is 75.3 Å². The van der Waals surface area contributed by atoms with E-state index in [1.807, 2.05) is 0 Å². The molecule has 2 aromatic rings. The van der Waals surface area contributed by atoms with Crippen LogP contribution in [0.3, 0.4) is 0 Å². The zero-order chi connectivity index (χ0) is 13.5. The van der Waals surface area contributed by atoms with Gasteiger partial charge in [0, 0.05) is 12.5 Å². The summed E-state index contributed by atoms with van der Waals surface area (Å²) in [5.74, 6) is 1.28. The number of nitrogens with zero attached hydrogens (tertiary/aromatic N) is 4. The fourth-order valence-electron chi connectivity index (χ4n) is 2.90. The third-order valence-corrected chi connectivity index (χ3v) is 4.36. The van der Waals surface area contributed by atoms with Crippen LogP contribution in [-0.4, -0.2) is 37.6 Å². The molecule has 0 radical (unpaired) electrons. The van der Waals surface area contributed by atoms with Crippen molar-refractivity contribution in [3.8, 4) is 0 Å². The zero-order valence-electron chi connectivity index (χ0n) is 11.4. The molecular formula is C14H19N5O. The van der Waals surface area contributed by atoms with Crippen molar-refractivity contribution in [3.63, 3.8) is 0 Å². The normalized spacial score (nSPS) is 25.6. The Morgan fingerprint density at radius 3 is 2.95 bits per heavy atom. The molecule has 0 aromatic carbocycles. The molecule has 2 aliphatic rings. The van der Waals surface area contributed by atoms with Gasteiger partial charge in [-0.05, 0) is 44.1 Å². The average Bonchev–Trinajstić information content (AvgIpc) is 3.15. The lowest BCUT2D eigenvalue weighted by Crippen LogP contribution is -2.29. The van der Waals surface area contributed by atoms with E-state index >= 15 is 0 Å². The monoisotopic (exact) mass is 273 g/mol. The molecule has 6 heteroatoms. The van der Waals surface area contributed by atoms with Crippen LogP contribution in [-0.2, 0) is 0 Å². The first-order chi connectivity index (χ1) is 9.79. The van der Waals surface area contributed by atoms with E-state index in [-0.39, 0.29) is 6.10 Å². The molecule has 0 atom stereocenters. The van der Waals surface area contributed by atoms with E-state index in [4.69, 9.17) is 0 Å². The Balaban J connectivity index is 1.47. The molecule has 6 nitrogen and oxygen atoms in total. The van der Waals surface area contributed by atoms with Crippen LogP contribution in [0.4, 0.5) is 5.69 Å². The Morgan fingerprint density at radius 2 is 2.20 bits per heavy atom. The van der Waals surface area contributed by atoms with Gasteiger partial charge in [0.05, 0.1) is 17.5 Å². The summed E-state index contributed by atoms with van der Waals surface area (Å²) in [6, 6.07) is 2.12. The van der Waals surface area contributed by atoms with E-state index in [1.165, 1.54) is 12.8 Å². The smallest absolute Gasteiger partial charge is 0.200 e. The van der Waals surface area contributed by atoms with Crippen molar-refractivity contribution in [1.82, 2.24) is 19.8 Å². The van der Waals surface area contributed by atoms with Crippen molar-refractivity contribution in [2.45, 2.75) is 44.1 Å². The maximum absolute atomic E-state index is 9.30. The third-order valence-electron chi connectivity index (χ3n) is 4.36. The van der Waals surface area contributed by atoms with Gasteiger partial charge in [0.15, 0.2) is 0 Å². The molecule has 2 N–H and O–H groups in total. The number of aliphatic hydroxyl groups excluding tert-OH is 1. The molecule has 2 fully saturated rings. The van der Waals surface area contributed by atoms with E-state index in [9.17, 15) is 5.11 Å². The van der Waals surface area contributed by atoms with E-state index in [2.05, 4.69) is 26.7 Å².